The van der Waals surface area contributed by atoms with Crippen LogP contribution in [0.3, 0.4) is 0 Å². The van der Waals surface area contributed by atoms with Gasteiger partial charge in [0.05, 0.1) is 24.9 Å². The van der Waals surface area contributed by atoms with Crippen molar-refractivity contribution in [1.29, 1.82) is 0 Å². The Bertz CT molecular complexity index is 1620. The van der Waals surface area contributed by atoms with E-state index >= 15 is 0 Å². The standard InChI is InChI=1S/C35H49N5O2Si2/c1-29-16-10-11-17-33(29)39(22-14-15-23-42-44(8,9)35(2,3)4)30-18-19-31-32(27-36-38-20-12-13-21-38)37-40(34(31)26-30)28-41-24-25-43(5,6)7/h10-13,16-21,26-27H,22-25,28H2,1-9H3. The molecule has 0 bridgehead atoms. The summed E-state index contributed by atoms with van der Waals surface area (Å²) < 4.78 is 16.2. The molecule has 0 saturated heterocycles. The van der Waals surface area contributed by atoms with Crippen LogP contribution in [0.1, 0.15) is 32.0 Å². The van der Waals surface area contributed by atoms with Gasteiger partial charge in [0.25, 0.3) is 0 Å². The zero-order valence-corrected chi connectivity index (χ0v) is 30.0. The second kappa shape index (κ2) is 14.1. The third-order valence-corrected chi connectivity index (χ3v) is 14.4. The lowest BCUT2D eigenvalue weighted by Crippen LogP contribution is -2.40. The van der Waals surface area contributed by atoms with Crippen molar-refractivity contribution in [2.75, 3.05) is 24.7 Å². The van der Waals surface area contributed by atoms with Crippen molar-refractivity contribution < 1.29 is 9.16 Å². The number of rotatable bonds is 12. The van der Waals surface area contributed by atoms with Crippen molar-refractivity contribution >= 4 is 44.9 Å². The van der Waals surface area contributed by atoms with Crippen LogP contribution in [-0.4, -0.2) is 56.8 Å². The Morgan fingerprint density at radius 1 is 0.977 bits per heavy atom. The Kier molecular flexibility index (Phi) is 10.7. The first-order valence-corrected chi connectivity index (χ1v) is 22.1. The lowest BCUT2D eigenvalue weighted by atomic mass is 10.1. The molecule has 0 N–H and O–H groups in total. The maximum atomic E-state index is 6.31. The first kappa shape index (κ1) is 33.5. The Hall–Kier alpha value is -3.43. The number of anilines is 2. The molecule has 0 unspecified atom stereocenters. The van der Waals surface area contributed by atoms with Gasteiger partial charge in [-0.2, -0.15) is 10.2 Å². The number of hydrogen-bond donors (Lipinski definition) is 0. The molecule has 7 nitrogen and oxygen atoms in total. The quantitative estimate of drug-likeness (QED) is 0.0684. The van der Waals surface area contributed by atoms with Crippen LogP contribution >= 0.6 is 0 Å². The molecular weight excluding hydrogens is 579 g/mol. The lowest BCUT2D eigenvalue weighted by molar-refractivity contribution is 0.0816. The molecule has 2 aromatic carbocycles. The fourth-order valence-electron chi connectivity index (χ4n) is 4.40. The minimum Gasteiger partial charge on any atom is -0.406 e. The van der Waals surface area contributed by atoms with Gasteiger partial charge in [-0.25, -0.2) is 9.36 Å². The van der Waals surface area contributed by atoms with E-state index in [4.69, 9.17) is 14.3 Å². The molecule has 4 rings (SSSR count). The first-order chi connectivity index (χ1) is 20.7. The minimum absolute atomic E-state index is 0.157. The first-order valence-electron chi connectivity index (χ1n) is 15.4. The second-order valence-corrected chi connectivity index (χ2v) is 24.4. The summed E-state index contributed by atoms with van der Waals surface area (Å²) in [5.74, 6) is 6.70. The van der Waals surface area contributed by atoms with E-state index in [1.165, 1.54) is 5.56 Å². The van der Waals surface area contributed by atoms with Gasteiger partial charge in [-0.3, -0.25) is 0 Å². The van der Waals surface area contributed by atoms with Gasteiger partial charge in [0, 0.05) is 43.8 Å². The number of nitrogens with zero attached hydrogens (tertiary/aromatic N) is 5. The molecule has 0 fully saturated rings. The minimum atomic E-state index is -1.85. The molecule has 44 heavy (non-hydrogen) atoms. The van der Waals surface area contributed by atoms with Gasteiger partial charge in [-0.1, -0.05) is 70.5 Å². The highest BCUT2D eigenvalue weighted by molar-refractivity contribution is 6.76. The van der Waals surface area contributed by atoms with Crippen molar-refractivity contribution in [1.82, 2.24) is 14.5 Å². The van der Waals surface area contributed by atoms with Crippen LogP contribution in [0.15, 0.2) is 72.1 Å². The van der Waals surface area contributed by atoms with Crippen LogP contribution in [0.25, 0.3) is 10.9 Å². The fraction of sp³-hybridized carbons (Fsp3) is 0.429. The van der Waals surface area contributed by atoms with Crippen LogP contribution in [-0.2, 0) is 15.9 Å². The molecule has 2 aromatic heterocycles. The lowest BCUT2D eigenvalue weighted by Gasteiger charge is -2.35. The maximum absolute atomic E-state index is 6.31. The average molecular weight is 628 g/mol. The summed E-state index contributed by atoms with van der Waals surface area (Å²) in [6, 6.07) is 19.9. The Labute approximate surface area is 266 Å². The summed E-state index contributed by atoms with van der Waals surface area (Å²) in [6.07, 6.45) is 5.63. The number of fused-ring (bicyclic) bond motifs is 1. The Morgan fingerprint density at radius 2 is 1.70 bits per heavy atom. The van der Waals surface area contributed by atoms with Crippen LogP contribution in [0.4, 0.5) is 11.4 Å². The number of hydrogen-bond acceptors (Lipinski definition) is 5. The topological polar surface area (TPSA) is 56.8 Å². The van der Waals surface area contributed by atoms with E-state index in [0.29, 0.717) is 19.9 Å². The largest absolute Gasteiger partial charge is 0.406 e. The maximum Gasteiger partial charge on any atom is 0.193 e. The number of ether oxygens (including phenoxy) is 1. The number of aryl methyl sites for hydroxylation is 1. The zero-order valence-electron chi connectivity index (χ0n) is 28.0. The molecule has 0 aliphatic rings. The molecule has 0 atom stereocenters. The highest BCUT2D eigenvalue weighted by Gasteiger charge is 2.36. The van der Waals surface area contributed by atoms with Gasteiger partial charge in [0.2, 0.25) is 0 Å². The van der Waals surface area contributed by atoms with Crippen molar-refractivity contribution in [3.8, 4) is 11.8 Å². The molecule has 0 amide bonds. The van der Waals surface area contributed by atoms with Gasteiger partial charge >= 0.3 is 0 Å². The van der Waals surface area contributed by atoms with E-state index < -0.39 is 16.4 Å². The van der Waals surface area contributed by atoms with Crippen molar-refractivity contribution in [3.63, 3.8) is 0 Å². The molecule has 0 spiro atoms. The third-order valence-electron chi connectivity index (χ3n) is 8.27. The zero-order chi connectivity index (χ0) is 32.0. The molecule has 0 aliphatic heterocycles. The van der Waals surface area contributed by atoms with Gasteiger partial charge in [0.1, 0.15) is 12.4 Å². The predicted molar refractivity (Wildman–Crippen MR) is 190 cm³/mol. The van der Waals surface area contributed by atoms with E-state index in [-0.39, 0.29) is 5.04 Å². The average Bonchev–Trinajstić information content (AvgIpc) is 3.59. The molecule has 0 aliphatic carbocycles. The van der Waals surface area contributed by atoms with E-state index in [9.17, 15) is 0 Å². The number of para-hydroxylation sites is 1. The summed E-state index contributed by atoms with van der Waals surface area (Å²) >= 11 is 0. The van der Waals surface area contributed by atoms with Gasteiger partial charge in [-0.05, 0) is 73.1 Å². The summed E-state index contributed by atoms with van der Waals surface area (Å²) in [4.78, 5) is 2.27. The van der Waals surface area contributed by atoms with Crippen LogP contribution in [0, 0.1) is 18.8 Å². The van der Waals surface area contributed by atoms with Gasteiger partial charge in [0.15, 0.2) is 8.32 Å². The monoisotopic (exact) mass is 627 g/mol. The van der Waals surface area contributed by atoms with Gasteiger partial charge < -0.3 is 14.1 Å². The smallest absolute Gasteiger partial charge is 0.193 e. The molecule has 0 saturated carbocycles. The van der Waals surface area contributed by atoms with Crippen LogP contribution in [0.2, 0.25) is 43.8 Å². The van der Waals surface area contributed by atoms with Crippen molar-refractivity contribution in [3.05, 3.63) is 78.2 Å². The molecular formula is C35H49N5O2Si2. The van der Waals surface area contributed by atoms with Crippen molar-refractivity contribution in [2.24, 2.45) is 5.10 Å². The second-order valence-electron chi connectivity index (χ2n) is 14.0. The fourth-order valence-corrected chi connectivity index (χ4v) is 6.03. The highest BCUT2D eigenvalue weighted by atomic mass is 28.4. The van der Waals surface area contributed by atoms with E-state index in [0.717, 1.165) is 40.6 Å². The molecule has 234 valence electrons. The summed E-state index contributed by atoms with van der Waals surface area (Å²) in [5, 5.41) is 10.7. The SMILES string of the molecule is Cc1ccccc1N(CC#CCO[Si](C)(C)C(C)(C)C)c1ccc2c(C=Nn3cccc3)nn(COCC[Si](C)(C)C)c2c1. The molecule has 0 radical (unpaired) electrons. The van der Waals surface area contributed by atoms with E-state index in [1.54, 1.807) is 4.68 Å². The van der Waals surface area contributed by atoms with Crippen molar-refractivity contribution in [2.45, 2.75) is 78.2 Å². The van der Waals surface area contributed by atoms with E-state index in [1.807, 2.05) is 35.4 Å². The highest BCUT2D eigenvalue weighted by Crippen LogP contribution is 2.36. The number of benzene rings is 2. The Morgan fingerprint density at radius 3 is 2.39 bits per heavy atom. The van der Waals surface area contributed by atoms with Gasteiger partial charge in [-0.15, -0.1) is 0 Å². The summed E-state index contributed by atoms with van der Waals surface area (Å²) in [7, 11) is -3.05. The van der Waals surface area contributed by atoms with Crippen LogP contribution < -0.4 is 4.90 Å². The van der Waals surface area contributed by atoms with E-state index in [2.05, 4.69) is 125 Å². The normalized spacial score (nSPS) is 12.6. The Balaban J connectivity index is 1.67. The summed E-state index contributed by atoms with van der Waals surface area (Å²) in [5.41, 5.74) is 5.16. The number of aromatic nitrogens is 3. The molecule has 4 aromatic rings. The third kappa shape index (κ3) is 8.82. The predicted octanol–water partition coefficient (Wildman–Crippen LogP) is 8.50. The molecule has 9 heteroatoms. The molecule has 2 heterocycles. The summed E-state index contributed by atoms with van der Waals surface area (Å²) in [6.45, 7) is 22.6. The van der Waals surface area contributed by atoms with Crippen LogP contribution in [0.5, 0.6) is 0 Å².